The maximum atomic E-state index is 12.8. The van der Waals surface area contributed by atoms with E-state index in [-0.39, 0.29) is 3.57 Å². The fourth-order valence-corrected chi connectivity index (χ4v) is 2.23. The summed E-state index contributed by atoms with van der Waals surface area (Å²) in [6, 6.07) is 1.31. The molecule has 2 N–H and O–H groups in total. The van der Waals surface area contributed by atoms with E-state index in [2.05, 4.69) is 0 Å². The standard InChI is InChI=1S/C8H4FIO5/c9-3-1-4(7(11)12)6(10-15)5(2-3)8(13)14/h1-2H,(H,11,12)(H,13,14). The summed E-state index contributed by atoms with van der Waals surface area (Å²) in [5.74, 6) is -3.98. The quantitative estimate of drug-likeness (QED) is 0.825. The molecule has 0 bridgehead atoms. The second-order valence-corrected chi connectivity index (χ2v) is 4.02. The average molecular weight is 326 g/mol. The number of carboxylic acids is 2. The van der Waals surface area contributed by atoms with Crippen molar-refractivity contribution in [3.63, 3.8) is 0 Å². The van der Waals surface area contributed by atoms with Crippen LogP contribution in [0.4, 0.5) is 4.39 Å². The van der Waals surface area contributed by atoms with E-state index in [1.54, 1.807) is 0 Å². The number of rotatable bonds is 3. The summed E-state index contributed by atoms with van der Waals surface area (Å²) in [6.45, 7) is 0. The number of benzene rings is 1. The Balaban J connectivity index is 3.59. The molecule has 5 nitrogen and oxygen atoms in total. The Morgan fingerprint density at radius 2 is 1.53 bits per heavy atom. The van der Waals surface area contributed by atoms with Crippen molar-refractivity contribution in [3.8, 4) is 0 Å². The van der Waals surface area contributed by atoms with Gasteiger partial charge < -0.3 is 10.2 Å². The lowest BCUT2D eigenvalue weighted by atomic mass is 10.1. The molecule has 1 aromatic rings. The fourth-order valence-electron chi connectivity index (χ4n) is 0.984. The zero-order valence-electron chi connectivity index (χ0n) is 7.03. The first-order valence-electron chi connectivity index (χ1n) is 3.54. The second-order valence-electron chi connectivity index (χ2n) is 2.50. The molecule has 0 aliphatic heterocycles. The highest BCUT2D eigenvalue weighted by molar-refractivity contribution is 14.1. The Morgan fingerprint density at radius 3 is 1.80 bits per heavy atom. The Bertz CT molecular complexity index is 421. The molecule has 0 fully saturated rings. The molecule has 0 saturated heterocycles. The van der Waals surface area contributed by atoms with E-state index in [0.29, 0.717) is 12.1 Å². The Kier molecular flexibility index (Phi) is 3.45. The van der Waals surface area contributed by atoms with Crippen molar-refractivity contribution in [2.75, 3.05) is 0 Å². The van der Waals surface area contributed by atoms with E-state index in [1.807, 2.05) is 0 Å². The number of hydrogen-bond donors (Lipinski definition) is 2. The van der Waals surface area contributed by atoms with Gasteiger partial charge >= 0.3 is 11.9 Å². The summed E-state index contributed by atoms with van der Waals surface area (Å²) < 4.78 is 23.3. The first kappa shape index (κ1) is 11.7. The van der Waals surface area contributed by atoms with Gasteiger partial charge in [-0.05, 0) is 12.1 Å². The third-order valence-corrected chi connectivity index (χ3v) is 3.18. The summed E-state index contributed by atoms with van der Waals surface area (Å²) in [6.07, 6.45) is 0. The maximum Gasteiger partial charge on any atom is 0.336 e. The topological polar surface area (TPSA) is 91.7 Å². The van der Waals surface area contributed by atoms with Crippen molar-refractivity contribution in [2.45, 2.75) is 0 Å². The molecule has 1 aromatic carbocycles. The molecule has 0 radical (unpaired) electrons. The normalized spacial score (nSPS) is 9.93. The van der Waals surface area contributed by atoms with Crippen LogP contribution < -0.4 is 0 Å². The van der Waals surface area contributed by atoms with E-state index < -0.39 is 50.1 Å². The highest BCUT2D eigenvalue weighted by Crippen LogP contribution is 2.22. The summed E-state index contributed by atoms with van der Waals surface area (Å²) in [5.41, 5.74) is -1.12. The van der Waals surface area contributed by atoms with Gasteiger partial charge in [0, 0.05) is 0 Å². The number of aromatic carboxylic acids is 2. The molecule has 15 heavy (non-hydrogen) atoms. The molecule has 0 atom stereocenters. The van der Waals surface area contributed by atoms with Gasteiger partial charge in [0.05, 0.1) is 14.7 Å². The fraction of sp³-hybridized carbons (Fsp3) is 0. The number of carbonyl (C=O) groups is 2. The summed E-state index contributed by atoms with van der Waals surface area (Å²) in [7, 11) is 0. The van der Waals surface area contributed by atoms with Gasteiger partial charge in [0.25, 0.3) is 0 Å². The molecule has 0 unspecified atom stereocenters. The SMILES string of the molecule is O=Ic1c(C(=O)O)cc(F)cc1C(=O)O. The lowest BCUT2D eigenvalue weighted by Gasteiger charge is -2.02. The molecule has 0 aromatic heterocycles. The van der Waals surface area contributed by atoms with Crippen molar-refractivity contribution in [3.05, 3.63) is 32.6 Å². The van der Waals surface area contributed by atoms with E-state index in [9.17, 15) is 17.0 Å². The number of carboxylic acid groups (broad SMARTS) is 2. The van der Waals surface area contributed by atoms with E-state index in [4.69, 9.17) is 10.2 Å². The second kappa shape index (κ2) is 4.43. The van der Waals surface area contributed by atoms with Crippen LogP contribution in [0.1, 0.15) is 20.7 Å². The number of hydrogen-bond acceptors (Lipinski definition) is 3. The van der Waals surface area contributed by atoms with Crippen LogP contribution in [0.15, 0.2) is 12.1 Å². The van der Waals surface area contributed by atoms with Gasteiger partial charge in [0.15, 0.2) is 21.2 Å². The minimum atomic E-state index is -1.99. The molecule has 0 aliphatic carbocycles. The van der Waals surface area contributed by atoms with Gasteiger partial charge in [-0.3, -0.25) is 3.07 Å². The van der Waals surface area contributed by atoms with Crippen LogP contribution in [0.3, 0.4) is 0 Å². The third-order valence-electron chi connectivity index (χ3n) is 1.58. The molecule has 7 heteroatoms. The molecule has 1 rings (SSSR count). The van der Waals surface area contributed by atoms with Gasteiger partial charge in [0.1, 0.15) is 5.82 Å². The molecule has 0 amide bonds. The Hall–Kier alpha value is -1.38. The minimum Gasteiger partial charge on any atom is -0.478 e. The van der Waals surface area contributed by atoms with E-state index in [1.165, 1.54) is 0 Å². The molecule has 0 aliphatic rings. The van der Waals surface area contributed by atoms with Crippen molar-refractivity contribution in [1.82, 2.24) is 0 Å². The molecular formula is C8H4FIO5. The van der Waals surface area contributed by atoms with Gasteiger partial charge in [-0.1, -0.05) is 0 Å². The van der Waals surface area contributed by atoms with Crippen LogP contribution in [0.25, 0.3) is 0 Å². The molecule has 0 heterocycles. The number of halogens is 2. The summed E-state index contributed by atoms with van der Waals surface area (Å²) in [5, 5.41) is 17.3. The van der Waals surface area contributed by atoms with Crippen LogP contribution >= 0.6 is 21.2 Å². The zero-order chi connectivity index (χ0) is 11.6. The van der Waals surface area contributed by atoms with Crippen molar-refractivity contribution in [1.29, 1.82) is 0 Å². The first-order valence-corrected chi connectivity index (χ1v) is 5.50. The van der Waals surface area contributed by atoms with Crippen LogP contribution in [0.5, 0.6) is 0 Å². The highest BCUT2D eigenvalue weighted by Gasteiger charge is 2.20. The maximum absolute atomic E-state index is 12.8. The summed E-state index contributed by atoms with van der Waals surface area (Å²) >= 11 is -1.99. The third kappa shape index (κ3) is 2.35. The first-order chi connectivity index (χ1) is 6.97. The monoisotopic (exact) mass is 326 g/mol. The van der Waals surface area contributed by atoms with Crippen molar-refractivity contribution in [2.24, 2.45) is 0 Å². The lowest BCUT2D eigenvalue weighted by molar-refractivity contribution is 0.0694. The van der Waals surface area contributed by atoms with Crippen LogP contribution in [0.2, 0.25) is 0 Å². The minimum absolute atomic E-state index is 0.310. The van der Waals surface area contributed by atoms with Crippen molar-refractivity contribution < 1.29 is 27.3 Å². The van der Waals surface area contributed by atoms with Gasteiger partial charge in [0.2, 0.25) is 0 Å². The predicted octanol–water partition coefficient (Wildman–Crippen LogP) is 1.71. The lowest BCUT2D eigenvalue weighted by Crippen LogP contribution is -2.08. The molecule has 80 valence electrons. The van der Waals surface area contributed by atoms with Crippen LogP contribution in [-0.2, 0) is 3.07 Å². The van der Waals surface area contributed by atoms with Crippen LogP contribution in [-0.4, -0.2) is 22.2 Å². The van der Waals surface area contributed by atoms with Crippen LogP contribution in [0, 0.1) is 9.39 Å². The predicted molar refractivity (Wildman–Crippen MR) is 53.7 cm³/mol. The zero-order valence-corrected chi connectivity index (χ0v) is 9.19. The molecule has 0 saturated carbocycles. The highest BCUT2D eigenvalue weighted by atomic mass is 127. The van der Waals surface area contributed by atoms with Gasteiger partial charge in [-0.15, -0.1) is 0 Å². The average Bonchev–Trinajstić information content (AvgIpc) is 2.16. The van der Waals surface area contributed by atoms with Gasteiger partial charge in [-0.25, -0.2) is 14.0 Å². The van der Waals surface area contributed by atoms with E-state index >= 15 is 0 Å². The van der Waals surface area contributed by atoms with E-state index in [0.717, 1.165) is 0 Å². The summed E-state index contributed by atoms with van der Waals surface area (Å²) in [4.78, 5) is 21.3. The largest absolute Gasteiger partial charge is 0.478 e. The Morgan fingerprint density at radius 1 is 1.13 bits per heavy atom. The Labute approximate surface area is 93.2 Å². The molecular weight excluding hydrogens is 322 g/mol. The smallest absolute Gasteiger partial charge is 0.336 e. The van der Waals surface area contributed by atoms with Gasteiger partial charge in [-0.2, -0.15) is 0 Å². The van der Waals surface area contributed by atoms with Crippen molar-refractivity contribution >= 4 is 33.1 Å². The molecule has 0 spiro atoms.